The molecule has 136 valence electrons. The lowest BCUT2D eigenvalue weighted by atomic mass is 9.86. The van der Waals surface area contributed by atoms with E-state index < -0.39 is 10.0 Å². The van der Waals surface area contributed by atoms with Crippen molar-refractivity contribution in [1.82, 2.24) is 5.32 Å². The highest BCUT2D eigenvalue weighted by molar-refractivity contribution is 7.89. The first-order valence-corrected chi connectivity index (χ1v) is 9.21. The van der Waals surface area contributed by atoms with E-state index in [1.807, 2.05) is 0 Å². The second kappa shape index (κ2) is 7.21. The summed E-state index contributed by atoms with van der Waals surface area (Å²) in [6.07, 6.45) is 0.751. The van der Waals surface area contributed by atoms with Gasteiger partial charge in [-0.3, -0.25) is 0 Å². The number of fused-ring (bicyclic) bond motifs is 1. The van der Waals surface area contributed by atoms with Crippen molar-refractivity contribution < 1.29 is 18.6 Å². The van der Waals surface area contributed by atoms with Gasteiger partial charge in [0.2, 0.25) is 10.0 Å². The minimum atomic E-state index is -3.73. The maximum Gasteiger partial charge on any atom is 0.238 e. The standard InChI is InChI=1S/C17H20N2O4S.ClH/c1-10-13-6-7-19-9-15(14(13)8-16(20)17(10)21)11-2-4-12(5-3-11)24(18,22)23;/h2-5,8,15,19-21H,6-7,9H2,1H3,(H2,18,22,23);1H. The Balaban J connectivity index is 0.00000225. The van der Waals surface area contributed by atoms with Gasteiger partial charge in [-0.05, 0) is 60.3 Å². The van der Waals surface area contributed by atoms with Gasteiger partial charge < -0.3 is 15.5 Å². The van der Waals surface area contributed by atoms with Crippen LogP contribution in [0.1, 0.15) is 28.2 Å². The minimum Gasteiger partial charge on any atom is -0.504 e. The molecule has 5 N–H and O–H groups in total. The normalized spacial score (nSPS) is 17.3. The van der Waals surface area contributed by atoms with Crippen LogP contribution in [-0.2, 0) is 16.4 Å². The van der Waals surface area contributed by atoms with Crippen molar-refractivity contribution in [3.8, 4) is 11.5 Å². The molecule has 25 heavy (non-hydrogen) atoms. The van der Waals surface area contributed by atoms with Gasteiger partial charge in [-0.2, -0.15) is 0 Å². The second-order valence-corrected chi connectivity index (χ2v) is 7.62. The fraction of sp³-hybridized carbons (Fsp3) is 0.294. The van der Waals surface area contributed by atoms with Crippen molar-refractivity contribution in [3.05, 3.63) is 52.6 Å². The summed E-state index contributed by atoms with van der Waals surface area (Å²) in [5, 5.41) is 28.5. The molecule has 0 fully saturated rings. The Bertz CT molecular complexity index is 883. The first kappa shape index (κ1) is 19.5. The third kappa shape index (κ3) is 3.74. The number of aromatic hydroxyl groups is 2. The largest absolute Gasteiger partial charge is 0.504 e. The first-order chi connectivity index (χ1) is 11.3. The Kier molecular flexibility index (Phi) is 5.63. The monoisotopic (exact) mass is 384 g/mol. The average Bonchev–Trinajstić information content (AvgIpc) is 2.74. The lowest BCUT2D eigenvalue weighted by Gasteiger charge is -2.21. The van der Waals surface area contributed by atoms with Crippen LogP contribution in [0.15, 0.2) is 35.2 Å². The van der Waals surface area contributed by atoms with E-state index in [9.17, 15) is 18.6 Å². The van der Waals surface area contributed by atoms with E-state index in [0.29, 0.717) is 12.1 Å². The SMILES string of the molecule is Cc1c(O)c(O)cc2c1CCNCC2c1ccc(S(N)(=O)=O)cc1.Cl. The average molecular weight is 385 g/mol. The minimum absolute atomic E-state index is 0. The highest BCUT2D eigenvalue weighted by Crippen LogP contribution is 2.39. The molecule has 0 saturated heterocycles. The fourth-order valence-corrected chi connectivity index (χ4v) is 3.77. The van der Waals surface area contributed by atoms with Gasteiger partial charge >= 0.3 is 0 Å². The molecule has 1 heterocycles. The van der Waals surface area contributed by atoms with E-state index in [2.05, 4.69) is 5.32 Å². The van der Waals surface area contributed by atoms with Crippen LogP contribution < -0.4 is 10.5 Å². The van der Waals surface area contributed by atoms with Crippen molar-refractivity contribution in [2.75, 3.05) is 13.1 Å². The molecule has 6 nitrogen and oxygen atoms in total. The van der Waals surface area contributed by atoms with E-state index >= 15 is 0 Å². The zero-order valence-corrected chi connectivity index (χ0v) is 15.3. The van der Waals surface area contributed by atoms with Crippen molar-refractivity contribution >= 4 is 22.4 Å². The highest BCUT2D eigenvalue weighted by atomic mass is 35.5. The molecule has 3 rings (SSSR count). The lowest BCUT2D eigenvalue weighted by molar-refractivity contribution is 0.399. The van der Waals surface area contributed by atoms with Gasteiger partial charge in [0.15, 0.2) is 11.5 Å². The van der Waals surface area contributed by atoms with Crippen LogP contribution in [0.2, 0.25) is 0 Å². The Morgan fingerprint density at radius 3 is 2.44 bits per heavy atom. The number of primary sulfonamides is 1. The van der Waals surface area contributed by atoms with Crippen molar-refractivity contribution in [3.63, 3.8) is 0 Å². The Hall–Kier alpha value is -1.80. The molecule has 0 aromatic heterocycles. The van der Waals surface area contributed by atoms with Crippen LogP contribution in [0, 0.1) is 6.92 Å². The molecule has 0 radical (unpaired) electrons. The first-order valence-electron chi connectivity index (χ1n) is 7.67. The van der Waals surface area contributed by atoms with Crippen LogP contribution in [-0.4, -0.2) is 31.7 Å². The van der Waals surface area contributed by atoms with Crippen LogP contribution in [0.25, 0.3) is 0 Å². The maximum atomic E-state index is 11.4. The zero-order valence-electron chi connectivity index (χ0n) is 13.7. The number of halogens is 1. The summed E-state index contributed by atoms with van der Waals surface area (Å²) in [5.74, 6) is -0.277. The number of rotatable bonds is 2. The van der Waals surface area contributed by atoms with Gasteiger partial charge in [0, 0.05) is 12.5 Å². The van der Waals surface area contributed by atoms with Gasteiger partial charge in [-0.25, -0.2) is 13.6 Å². The molecule has 2 aromatic rings. The van der Waals surface area contributed by atoms with Gasteiger partial charge in [-0.15, -0.1) is 12.4 Å². The molecular weight excluding hydrogens is 364 g/mol. The fourth-order valence-electron chi connectivity index (χ4n) is 3.25. The van der Waals surface area contributed by atoms with Crippen LogP contribution in [0.4, 0.5) is 0 Å². The molecule has 8 heteroatoms. The number of nitrogens with one attached hydrogen (secondary N) is 1. The molecule has 2 aromatic carbocycles. The molecule has 0 saturated carbocycles. The predicted molar refractivity (Wildman–Crippen MR) is 98.0 cm³/mol. The van der Waals surface area contributed by atoms with E-state index in [1.165, 1.54) is 12.1 Å². The highest BCUT2D eigenvalue weighted by Gasteiger charge is 2.24. The summed E-state index contributed by atoms with van der Waals surface area (Å²) < 4.78 is 22.8. The van der Waals surface area contributed by atoms with Gasteiger partial charge in [0.1, 0.15) is 0 Å². The van der Waals surface area contributed by atoms with Gasteiger partial charge in [0.05, 0.1) is 4.90 Å². The maximum absolute atomic E-state index is 11.4. The molecular formula is C17H21ClN2O4S. The number of hydrogen-bond donors (Lipinski definition) is 4. The molecule has 0 bridgehead atoms. The number of phenolic OH excluding ortho intramolecular Hbond substituents is 2. The summed E-state index contributed by atoms with van der Waals surface area (Å²) in [5.41, 5.74) is 3.55. The Morgan fingerprint density at radius 2 is 1.84 bits per heavy atom. The third-order valence-corrected chi connectivity index (χ3v) is 5.51. The summed E-state index contributed by atoms with van der Waals surface area (Å²) in [6, 6.07) is 8.05. The number of phenols is 2. The molecule has 0 spiro atoms. The second-order valence-electron chi connectivity index (χ2n) is 6.06. The van der Waals surface area contributed by atoms with E-state index in [0.717, 1.165) is 29.7 Å². The lowest BCUT2D eigenvalue weighted by Crippen LogP contribution is -2.21. The molecule has 0 amide bonds. The molecule has 1 atom stereocenters. The van der Waals surface area contributed by atoms with Gasteiger partial charge in [0.25, 0.3) is 0 Å². The zero-order chi connectivity index (χ0) is 17.5. The van der Waals surface area contributed by atoms with Crippen molar-refractivity contribution in [1.29, 1.82) is 0 Å². The summed E-state index contributed by atoms with van der Waals surface area (Å²) in [7, 11) is -3.73. The van der Waals surface area contributed by atoms with Crippen molar-refractivity contribution in [2.45, 2.75) is 24.2 Å². The number of benzene rings is 2. The molecule has 0 aliphatic carbocycles. The number of hydrogen-bond acceptors (Lipinski definition) is 5. The summed E-state index contributed by atoms with van der Waals surface area (Å²) >= 11 is 0. The quantitative estimate of drug-likeness (QED) is 0.589. The third-order valence-electron chi connectivity index (χ3n) is 4.58. The number of sulfonamides is 1. The summed E-state index contributed by atoms with van der Waals surface area (Å²) in [4.78, 5) is 0.0674. The van der Waals surface area contributed by atoms with E-state index in [-0.39, 0.29) is 34.7 Å². The molecule has 1 unspecified atom stereocenters. The Morgan fingerprint density at radius 1 is 1.20 bits per heavy atom. The van der Waals surface area contributed by atoms with Crippen LogP contribution in [0.5, 0.6) is 11.5 Å². The smallest absolute Gasteiger partial charge is 0.238 e. The Labute approximate surface area is 153 Å². The van der Waals surface area contributed by atoms with Crippen LogP contribution >= 0.6 is 12.4 Å². The van der Waals surface area contributed by atoms with Crippen molar-refractivity contribution in [2.24, 2.45) is 5.14 Å². The topological polar surface area (TPSA) is 113 Å². The van der Waals surface area contributed by atoms with Crippen LogP contribution in [0.3, 0.4) is 0 Å². The number of nitrogens with two attached hydrogens (primary N) is 1. The van der Waals surface area contributed by atoms with E-state index in [4.69, 9.17) is 5.14 Å². The molecule has 1 aliphatic rings. The van der Waals surface area contributed by atoms with Gasteiger partial charge in [-0.1, -0.05) is 12.1 Å². The van der Waals surface area contributed by atoms with E-state index in [1.54, 1.807) is 25.1 Å². The summed E-state index contributed by atoms with van der Waals surface area (Å²) in [6.45, 7) is 3.22. The predicted octanol–water partition coefficient (Wildman–Crippen LogP) is 1.75. The molecule has 1 aliphatic heterocycles.